The number of hydrogen-bond donors (Lipinski definition) is 1. The van der Waals surface area contributed by atoms with Crippen molar-refractivity contribution in [3.05, 3.63) is 76.2 Å². The van der Waals surface area contributed by atoms with Gasteiger partial charge in [-0.3, -0.25) is 4.79 Å². The number of carbonyl (C=O) groups excluding carboxylic acids is 1. The number of ether oxygens (including phenoxy) is 1. The fourth-order valence-electron chi connectivity index (χ4n) is 4.61. The summed E-state index contributed by atoms with van der Waals surface area (Å²) in [5, 5.41) is 12.2. The van der Waals surface area contributed by atoms with Crippen LogP contribution in [0.4, 0.5) is 5.69 Å². The predicted molar refractivity (Wildman–Crippen MR) is 150 cm³/mol. The maximum absolute atomic E-state index is 13.9. The molecule has 0 bridgehead atoms. The van der Waals surface area contributed by atoms with Crippen LogP contribution < -0.4 is 20.9 Å². The van der Waals surface area contributed by atoms with E-state index in [2.05, 4.69) is 55.8 Å². The van der Waals surface area contributed by atoms with E-state index in [1.54, 1.807) is 13.2 Å². The van der Waals surface area contributed by atoms with Gasteiger partial charge >= 0.3 is 0 Å². The standard InChI is InChI=1S/C26H30ClN3O3P2/c1-15-5-7-18(16(2)13-15)24-23(20-9-10-22(27)33-20)26(3,25(31)28-11-12-32-4)30(29-24)19-8-6-17(34)14-21(19)35/h5-10,13-14,23H,11-12,34-35H2,1-4H3,(H,28,31). The van der Waals surface area contributed by atoms with Gasteiger partial charge < -0.3 is 14.5 Å². The second kappa shape index (κ2) is 10.4. The minimum absolute atomic E-state index is 0.185. The molecule has 3 aromatic rings. The van der Waals surface area contributed by atoms with Gasteiger partial charge in [0.15, 0.2) is 10.8 Å². The Morgan fingerprint density at radius 2 is 1.97 bits per heavy atom. The molecular formula is C26H30ClN3O3P2. The van der Waals surface area contributed by atoms with Gasteiger partial charge in [0.25, 0.3) is 0 Å². The van der Waals surface area contributed by atoms with E-state index in [0.717, 1.165) is 38.7 Å². The highest BCUT2D eigenvalue weighted by Crippen LogP contribution is 2.46. The van der Waals surface area contributed by atoms with Crippen molar-refractivity contribution in [2.24, 2.45) is 5.10 Å². The molecular weight excluding hydrogens is 500 g/mol. The van der Waals surface area contributed by atoms with E-state index < -0.39 is 11.5 Å². The van der Waals surface area contributed by atoms with Gasteiger partial charge in [-0.15, -0.1) is 18.5 Å². The highest BCUT2D eigenvalue weighted by atomic mass is 35.5. The highest BCUT2D eigenvalue weighted by molar-refractivity contribution is 7.29. The van der Waals surface area contributed by atoms with Crippen molar-refractivity contribution in [1.29, 1.82) is 0 Å². The monoisotopic (exact) mass is 529 g/mol. The quantitative estimate of drug-likeness (QED) is 0.370. The first-order chi connectivity index (χ1) is 16.7. The first kappa shape index (κ1) is 25.9. The number of hydrogen-bond acceptors (Lipinski definition) is 5. The molecule has 4 unspecified atom stereocenters. The van der Waals surface area contributed by atoms with Gasteiger partial charge in [-0.1, -0.05) is 29.8 Å². The van der Waals surface area contributed by atoms with Crippen molar-refractivity contribution < 1.29 is 13.9 Å². The summed E-state index contributed by atoms with van der Waals surface area (Å²) in [7, 11) is 7.07. The van der Waals surface area contributed by atoms with Crippen molar-refractivity contribution in [1.82, 2.24) is 5.32 Å². The lowest BCUT2D eigenvalue weighted by atomic mass is 9.77. The highest BCUT2D eigenvalue weighted by Gasteiger charge is 2.56. The molecule has 0 aliphatic carbocycles. The van der Waals surface area contributed by atoms with Crippen LogP contribution >= 0.6 is 30.1 Å². The van der Waals surface area contributed by atoms with Crippen LogP contribution in [0.2, 0.25) is 5.22 Å². The SMILES string of the molecule is COCCNC(=O)C1(C)C(c2ccc(Cl)o2)C(c2ccc(C)cc2C)=NN1c1ccc(P)cc1P. The minimum atomic E-state index is -1.14. The molecule has 0 radical (unpaired) electrons. The van der Waals surface area contributed by atoms with E-state index in [0.29, 0.717) is 18.9 Å². The first-order valence-corrected chi connectivity index (χ1v) is 12.8. The summed E-state index contributed by atoms with van der Waals surface area (Å²) in [5.41, 5.74) is 3.60. The van der Waals surface area contributed by atoms with Crippen molar-refractivity contribution >= 4 is 58.0 Å². The first-order valence-electron chi connectivity index (χ1n) is 11.3. The van der Waals surface area contributed by atoms with E-state index in [4.69, 9.17) is 25.9 Å². The Morgan fingerprint density at radius 1 is 1.20 bits per heavy atom. The van der Waals surface area contributed by atoms with E-state index >= 15 is 0 Å². The predicted octanol–water partition coefficient (Wildman–Crippen LogP) is 4.08. The Balaban J connectivity index is 1.95. The van der Waals surface area contributed by atoms with Crippen LogP contribution in [0.15, 0.2) is 58.0 Å². The van der Waals surface area contributed by atoms with E-state index in [1.807, 2.05) is 36.2 Å². The molecule has 0 fully saturated rings. The molecule has 35 heavy (non-hydrogen) atoms. The van der Waals surface area contributed by atoms with Crippen molar-refractivity contribution in [3.8, 4) is 0 Å². The zero-order chi connectivity index (χ0) is 25.3. The summed E-state index contributed by atoms with van der Waals surface area (Å²) in [5.74, 6) is -0.123. The number of methoxy groups -OCH3 is 1. The molecule has 1 N–H and O–H groups in total. The second-order valence-corrected chi connectivity index (χ2v) is 10.6. The summed E-state index contributed by atoms with van der Waals surface area (Å²) in [6, 6.07) is 15.7. The third-order valence-electron chi connectivity index (χ3n) is 6.35. The van der Waals surface area contributed by atoms with Crippen LogP contribution in [0.25, 0.3) is 0 Å². The smallest absolute Gasteiger partial charge is 0.248 e. The number of nitrogens with one attached hydrogen (secondary N) is 1. The van der Waals surface area contributed by atoms with Gasteiger partial charge in [-0.25, -0.2) is 5.01 Å². The Morgan fingerprint density at radius 3 is 2.60 bits per heavy atom. The van der Waals surface area contributed by atoms with Crippen LogP contribution in [-0.4, -0.2) is 37.4 Å². The number of anilines is 1. The third-order valence-corrected chi connectivity index (χ3v) is 7.38. The van der Waals surface area contributed by atoms with E-state index in [9.17, 15) is 4.79 Å². The largest absolute Gasteiger partial charge is 0.449 e. The molecule has 1 aromatic heterocycles. The number of furan rings is 1. The Hall–Kier alpha value is -2.23. The number of nitrogens with zero attached hydrogens (tertiary/aromatic N) is 2. The summed E-state index contributed by atoms with van der Waals surface area (Å²) >= 11 is 6.21. The van der Waals surface area contributed by atoms with E-state index in [1.165, 1.54) is 0 Å². The third kappa shape index (κ3) is 4.90. The Kier molecular flexibility index (Phi) is 7.68. The van der Waals surface area contributed by atoms with Gasteiger partial charge in [0, 0.05) is 19.2 Å². The molecule has 9 heteroatoms. The zero-order valence-electron chi connectivity index (χ0n) is 20.3. The summed E-state index contributed by atoms with van der Waals surface area (Å²) in [4.78, 5) is 13.9. The molecule has 4 atom stereocenters. The van der Waals surface area contributed by atoms with Gasteiger partial charge in [-0.05, 0) is 72.8 Å². The molecule has 6 nitrogen and oxygen atoms in total. The molecule has 0 saturated carbocycles. The van der Waals surface area contributed by atoms with Gasteiger partial charge in [-0.2, -0.15) is 5.10 Å². The molecule has 1 aliphatic heterocycles. The minimum Gasteiger partial charge on any atom is -0.449 e. The fourth-order valence-corrected chi connectivity index (χ4v) is 5.64. The normalized spacial score (nSPS) is 19.7. The number of halogens is 1. The van der Waals surface area contributed by atoms with Crippen LogP contribution in [0.3, 0.4) is 0 Å². The van der Waals surface area contributed by atoms with Gasteiger partial charge in [0.1, 0.15) is 5.76 Å². The molecule has 0 saturated heterocycles. The zero-order valence-corrected chi connectivity index (χ0v) is 23.3. The average Bonchev–Trinajstić information content (AvgIpc) is 3.35. The summed E-state index contributed by atoms with van der Waals surface area (Å²) in [6.45, 7) is 6.79. The van der Waals surface area contributed by atoms with Crippen molar-refractivity contribution in [2.75, 3.05) is 25.3 Å². The summed E-state index contributed by atoms with van der Waals surface area (Å²) in [6.07, 6.45) is 0. The molecule has 0 spiro atoms. The van der Waals surface area contributed by atoms with Crippen LogP contribution in [0.5, 0.6) is 0 Å². The number of benzene rings is 2. The Bertz CT molecular complexity index is 1290. The number of amides is 1. The Labute approximate surface area is 215 Å². The van der Waals surface area contributed by atoms with Crippen molar-refractivity contribution in [3.63, 3.8) is 0 Å². The lowest BCUT2D eigenvalue weighted by molar-refractivity contribution is -0.126. The molecule has 184 valence electrons. The van der Waals surface area contributed by atoms with Crippen LogP contribution in [0.1, 0.15) is 35.3 Å². The number of carbonyl (C=O) groups is 1. The fraction of sp³-hybridized carbons (Fsp3) is 0.308. The van der Waals surface area contributed by atoms with Gasteiger partial charge in [0.05, 0.1) is 23.9 Å². The average molecular weight is 530 g/mol. The molecule has 2 heterocycles. The number of aryl methyl sites for hydroxylation is 2. The van der Waals surface area contributed by atoms with Gasteiger partial charge in [0.2, 0.25) is 5.91 Å². The lowest BCUT2D eigenvalue weighted by Crippen LogP contribution is -2.57. The van der Waals surface area contributed by atoms with Crippen molar-refractivity contribution in [2.45, 2.75) is 32.2 Å². The van der Waals surface area contributed by atoms with E-state index in [-0.39, 0.29) is 11.1 Å². The number of hydrazone groups is 1. The number of rotatable bonds is 7. The topological polar surface area (TPSA) is 67.1 Å². The summed E-state index contributed by atoms with van der Waals surface area (Å²) < 4.78 is 11.1. The second-order valence-electron chi connectivity index (χ2n) is 8.90. The maximum Gasteiger partial charge on any atom is 0.248 e. The molecule has 4 rings (SSSR count). The lowest BCUT2D eigenvalue weighted by Gasteiger charge is -2.37. The van der Waals surface area contributed by atoms with Crippen LogP contribution in [-0.2, 0) is 9.53 Å². The van der Waals surface area contributed by atoms with Crippen LogP contribution in [0, 0.1) is 13.8 Å². The molecule has 2 aromatic carbocycles. The maximum atomic E-state index is 13.9. The molecule has 1 aliphatic rings. The molecule has 1 amide bonds.